The standard InChI is InChI=1S/C18H22N4O5/c1-10-19-15(21-20-10)7-16(23)22-8-12(13(9-22)18(24)25)11-5-4-6-14(26-2)17(11)27-3/h4-6,12-13H,7-9H2,1-3H3,(H,24,25)(H,19,20,21). The van der Waals surface area contributed by atoms with E-state index in [4.69, 9.17) is 9.47 Å². The van der Waals surface area contributed by atoms with E-state index in [1.807, 2.05) is 6.07 Å². The van der Waals surface area contributed by atoms with Gasteiger partial charge in [0.15, 0.2) is 17.3 Å². The summed E-state index contributed by atoms with van der Waals surface area (Å²) in [6, 6.07) is 5.35. The van der Waals surface area contributed by atoms with Crippen LogP contribution < -0.4 is 9.47 Å². The van der Waals surface area contributed by atoms with E-state index in [9.17, 15) is 14.7 Å². The number of ether oxygens (including phenoxy) is 2. The zero-order valence-electron chi connectivity index (χ0n) is 15.4. The number of carbonyl (C=O) groups excluding carboxylic acids is 1. The van der Waals surface area contributed by atoms with Crippen LogP contribution in [0, 0.1) is 12.8 Å². The van der Waals surface area contributed by atoms with E-state index in [0.29, 0.717) is 28.7 Å². The van der Waals surface area contributed by atoms with Crippen molar-refractivity contribution in [3.63, 3.8) is 0 Å². The number of hydrogen-bond acceptors (Lipinski definition) is 6. The molecule has 2 atom stereocenters. The number of rotatable bonds is 6. The fraction of sp³-hybridized carbons (Fsp3) is 0.444. The van der Waals surface area contributed by atoms with Gasteiger partial charge >= 0.3 is 5.97 Å². The number of H-pyrrole nitrogens is 1. The minimum atomic E-state index is -0.950. The molecule has 9 heteroatoms. The van der Waals surface area contributed by atoms with Crippen LogP contribution in [0.2, 0.25) is 0 Å². The first kappa shape index (κ1) is 18.7. The molecule has 0 radical (unpaired) electrons. The van der Waals surface area contributed by atoms with Gasteiger partial charge in [0.1, 0.15) is 5.82 Å². The highest BCUT2D eigenvalue weighted by Gasteiger charge is 2.42. The van der Waals surface area contributed by atoms with Crippen molar-refractivity contribution in [1.29, 1.82) is 0 Å². The number of amides is 1. The molecule has 2 unspecified atom stereocenters. The van der Waals surface area contributed by atoms with Crippen molar-refractivity contribution in [3.8, 4) is 11.5 Å². The van der Waals surface area contributed by atoms with E-state index < -0.39 is 17.8 Å². The first-order valence-electron chi connectivity index (χ1n) is 8.54. The van der Waals surface area contributed by atoms with Gasteiger partial charge in [0.2, 0.25) is 5.91 Å². The first-order chi connectivity index (χ1) is 12.9. The number of likely N-dealkylation sites (tertiary alicyclic amines) is 1. The smallest absolute Gasteiger partial charge is 0.308 e. The summed E-state index contributed by atoms with van der Waals surface area (Å²) >= 11 is 0. The van der Waals surface area contributed by atoms with Crippen molar-refractivity contribution in [2.24, 2.45) is 5.92 Å². The number of nitrogens with zero attached hydrogens (tertiary/aromatic N) is 3. The predicted molar refractivity (Wildman–Crippen MR) is 94.8 cm³/mol. The molecule has 0 saturated carbocycles. The van der Waals surface area contributed by atoms with Crippen LogP contribution in [0.4, 0.5) is 0 Å². The average Bonchev–Trinajstić information content (AvgIpc) is 3.27. The zero-order valence-corrected chi connectivity index (χ0v) is 15.4. The summed E-state index contributed by atoms with van der Waals surface area (Å²) in [7, 11) is 3.04. The topological polar surface area (TPSA) is 118 Å². The molecule has 1 aromatic carbocycles. The largest absolute Gasteiger partial charge is 0.493 e. The number of hydrogen-bond donors (Lipinski definition) is 2. The van der Waals surface area contributed by atoms with Crippen LogP contribution in [-0.4, -0.2) is 64.4 Å². The number of carbonyl (C=O) groups is 2. The van der Waals surface area contributed by atoms with Gasteiger partial charge in [-0.1, -0.05) is 12.1 Å². The molecule has 1 amide bonds. The Kier molecular flexibility index (Phi) is 5.29. The molecular formula is C18H22N4O5. The quantitative estimate of drug-likeness (QED) is 0.774. The lowest BCUT2D eigenvalue weighted by atomic mass is 9.88. The molecule has 2 heterocycles. The number of nitrogens with one attached hydrogen (secondary N) is 1. The summed E-state index contributed by atoms with van der Waals surface area (Å²) in [6.45, 7) is 2.16. The normalized spacial score (nSPS) is 19.1. The molecule has 0 spiro atoms. The minimum absolute atomic E-state index is 0.0264. The summed E-state index contributed by atoms with van der Waals surface area (Å²) in [6.07, 6.45) is 0.0264. The van der Waals surface area contributed by atoms with E-state index >= 15 is 0 Å². The van der Waals surface area contributed by atoms with Gasteiger partial charge in [-0.3, -0.25) is 14.7 Å². The molecule has 3 rings (SSSR count). The summed E-state index contributed by atoms with van der Waals surface area (Å²) < 4.78 is 10.8. The van der Waals surface area contributed by atoms with E-state index in [-0.39, 0.29) is 25.4 Å². The summed E-state index contributed by atoms with van der Waals surface area (Å²) in [4.78, 5) is 30.1. The lowest BCUT2D eigenvalue weighted by molar-refractivity contribution is -0.141. The van der Waals surface area contributed by atoms with Gasteiger partial charge in [-0.2, -0.15) is 5.10 Å². The fourth-order valence-corrected chi connectivity index (χ4v) is 3.49. The second-order valence-corrected chi connectivity index (χ2v) is 6.45. The highest BCUT2D eigenvalue weighted by Crippen LogP contribution is 2.41. The maximum atomic E-state index is 12.6. The number of aromatic amines is 1. The number of para-hydroxylation sites is 1. The van der Waals surface area contributed by atoms with Crippen LogP contribution in [0.25, 0.3) is 0 Å². The highest BCUT2D eigenvalue weighted by molar-refractivity contribution is 5.81. The zero-order chi connectivity index (χ0) is 19.6. The molecular weight excluding hydrogens is 352 g/mol. The van der Waals surface area contributed by atoms with Crippen LogP contribution in [-0.2, 0) is 16.0 Å². The van der Waals surface area contributed by atoms with Gasteiger partial charge in [0.25, 0.3) is 0 Å². The van der Waals surface area contributed by atoms with Crippen LogP contribution in [0.5, 0.6) is 11.5 Å². The number of aromatic nitrogens is 3. The Morgan fingerprint density at radius 1 is 1.30 bits per heavy atom. The molecule has 144 valence electrons. The van der Waals surface area contributed by atoms with Gasteiger partial charge < -0.3 is 19.5 Å². The Morgan fingerprint density at radius 3 is 2.67 bits per heavy atom. The summed E-state index contributed by atoms with van der Waals surface area (Å²) in [5.41, 5.74) is 0.716. The van der Waals surface area contributed by atoms with Gasteiger partial charge in [-0.15, -0.1) is 0 Å². The summed E-state index contributed by atoms with van der Waals surface area (Å²) in [5, 5.41) is 16.4. The molecule has 1 aliphatic rings. The minimum Gasteiger partial charge on any atom is -0.493 e. The first-order valence-corrected chi connectivity index (χ1v) is 8.54. The Bertz CT molecular complexity index is 850. The number of benzene rings is 1. The second-order valence-electron chi connectivity index (χ2n) is 6.45. The predicted octanol–water partition coefficient (Wildman–Crippen LogP) is 1.000. The van der Waals surface area contributed by atoms with E-state index in [0.717, 1.165) is 0 Å². The van der Waals surface area contributed by atoms with Crippen molar-refractivity contribution in [3.05, 3.63) is 35.4 Å². The van der Waals surface area contributed by atoms with Crippen LogP contribution in [0.15, 0.2) is 18.2 Å². The lowest BCUT2D eigenvalue weighted by Crippen LogP contribution is -2.31. The van der Waals surface area contributed by atoms with Crippen molar-refractivity contribution in [2.75, 3.05) is 27.3 Å². The summed E-state index contributed by atoms with van der Waals surface area (Å²) in [5.74, 6) is -0.239. The number of carboxylic acids is 1. The molecule has 0 bridgehead atoms. The molecule has 1 fully saturated rings. The van der Waals surface area contributed by atoms with E-state index in [1.54, 1.807) is 24.0 Å². The fourth-order valence-electron chi connectivity index (χ4n) is 3.49. The van der Waals surface area contributed by atoms with Crippen LogP contribution in [0.1, 0.15) is 23.1 Å². The third kappa shape index (κ3) is 3.71. The Balaban J connectivity index is 1.85. The molecule has 0 aliphatic carbocycles. The molecule has 27 heavy (non-hydrogen) atoms. The molecule has 2 N–H and O–H groups in total. The SMILES string of the molecule is COc1cccc(C2CN(C(=O)Cc3n[nH]c(C)n3)CC2C(=O)O)c1OC. The average molecular weight is 374 g/mol. The Labute approximate surface area is 156 Å². The maximum absolute atomic E-state index is 12.6. The number of aryl methyl sites for hydroxylation is 1. The van der Waals surface area contributed by atoms with Gasteiger partial charge in [0.05, 0.1) is 26.6 Å². The Hall–Kier alpha value is -3.10. The van der Waals surface area contributed by atoms with Crippen LogP contribution in [0.3, 0.4) is 0 Å². The second kappa shape index (κ2) is 7.65. The Morgan fingerprint density at radius 2 is 2.07 bits per heavy atom. The highest BCUT2D eigenvalue weighted by atomic mass is 16.5. The van der Waals surface area contributed by atoms with E-state index in [2.05, 4.69) is 15.2 Å². The molecule has 1 aromatic heterocycles. The lowest BCUT2D eigenvalue weighted by Gasteiger charge is -2.20. The van der Waals surface area contributed by atoms with Gasteiger partial charge in [0, 0.05) is 24.6 Å². The van der Waals surface area contributed by atoms with Crippen LogP contribution >= 0.6 is 0 Å². The van der Waals surface area contributed by atoms with Gasteiger partial charge in [-0.25, -0.2) is 4.98 Å². The molecule has 1 aliphatic heterocycles. The molecule has 2 aromatic rings. The van der Waals surface area contributed by atoms with Crippen molar-refractivity contribution < 1.29 is 24.2 Å². The number of methoxy groups -OCH3 is 2. The third-order valence-electron chi connectivity index (χ3n) is 4.78. The monoisotopic (exact) mass is 374 g/mol. The van der Waals surface area contributed by atoms with Gasteiger partial charge in [-0.05, 0) is 13.0 Å². The third-order valence-corrected chi connectivity index (χ3v) is 4.78. The van der Waals surface area contributed by atoms with Crippen molar-refractivity contribution in [1.82, 2.24) is 20.1 Å². The van der Waals surface area contributed by atoms with E-state index in [1.165, 1.54) is 14.2 Å². The maximum Gasteiger partial charge on any atom is 0.308 e. The van der Waals surface area contributed by atoms with Crippen molar-refractivity contribution >= 4 is 11.9 Å². The number of carboxylic acid groups (broad SMARTS) is 1. The molecule has 9 nitrogen and oxygen atoms in total. The number of aliphatic carboxylic acids is 1. The van der Waals surface area contributed by atoms with Crippen molar-refractivity contribution in [2.45, 2.75) is 19.3 Å². The molecule has 1 saturated heterocycles.